The van der Waals surface area contributed by atoms with E-state index >= 15 is 0 Å². The zero-order chi connectivity index (χ0) is 22.2. The Balaban J connectivity index is 1.67. The lowest BCUT2D eigenvalue weighted by atomic mass is 10.0. The van der Waals surface area contributed by atoms with E-state index in [0.29, 0.717) is 15.7 Å². The van der Waals surface area contributed by atoms with Crippen LogP contribution in [0.4, 0.5) is 10.1 Å². The summed E-state index contributed by atoms with van der Waals surface area (Å²) in [6.45, 7) is 1.75. The summed E-state index contributed by atoms with van der Waals surface area (Å²) in [7, 11) is 0. The summed E-state index contributed by atoms with van der Waals surface area (Å²) < 4.78 is 16.0. The number of hydrogen-bond donors (Lipinski definition) is 1. The Labute approximate surface area is 195 Å². The van der Waals surface area contributed by atoms with Gasteiger partial charge in [-0.2, -0.15) is 0 Å². The molecule has 1 fully saturated rings. The Morgan fingerprint density at radius 3 is 2.66 bits per heavy atom. The highest BCUT2D eigenvalue weighted by Crippen LogP contribution is 2.42. The fraction of sp³-hybridized carbons (Fsp3) is 0.125. The summed E-state index contributed by atoms with van der Waals surface area (Å²) >= 11 is 11.8. The summed E-state index contributed by atoms with van der Waals surface area (Å²) in [6.07, 6.45) is 5.34. The van der Waals surface area contributed by atoms with E-state index in [4.69, 9.17) is 23.8 Å². The highest BCUT2D eigenvalue weighted by molar-refractivity contribution is 7.80. The van der Waals surface area contributed by atoms with Crippen LogP contribution in [-0.2, 0) is 0 Å². The smallest absolute Gasteiger partial charge is 0.174 e. The number of rotatable bonds is 4. The van der Waals surface area contributed by atoms with Crippen LogP contribution >= 0.6 is 23.8 Å². The van der Waals surface area contributed by atoms with Gasteiger partial charge in [0.05, 0.1) is 16.8 Å². The van der Waals surface area contributed by atoms with Crippen molar-refractivity contribution < 1.29 is 4.39 Å². The van der Waals surface area contributed by atoms with Gasteiger partial charge in [-0.25, -0.2) is 9.37 Å². The molecule has 0 aliphatic carbocycles. The van der Waals surface area contributed by atoms with Gasteiger partial charge in [-0.3, -0.25) is 4.98 Å². The summed E-state index contributed by atoms with van der Waals surface area (Å²) in [4.78, 5) is 11.1. The van der Waals surface area contributed by atoms with Crippen molar-refractivity contribution in [2.75, 3.05) is 4.90 Å². The lowest BCUT2D eigenvalue weighted by Gasteiger charge is -2.29. The molecule has 8 heteroatoms. The van der Waals surface area contributed by atoms with Gasteiger partial charge in [0.1, 0.15) is 17.7 Å². The van der Waals surface area contributed by atoms with Crippen LogP contribution in [0.15, 0.2) is 79.3 Å². The zero-order valence-electron chi connectivity index (χ0n) is 17.1. The van der Waals surface area contributed by atoms with Gasteiger partial charge >= 0.3 is 0 Å². The molecule has 2 atom stereocenters. The topological polar surface area (TPSA) is 46.0 Å². The first-order valence-corrected chi connectivity index (χ1v) is 10.9. The molecular formula is C24H19ClFN5S. The lowest BCUT2D eigenvalue weighted by molar-refractivity contribution is 0.548. The molecule has 1 aromatic carbocycles. The minimum absolute atomic E-state index is 0.213. The maximum atomic E-state index is 14.0. The number of aromatic nitrogens is 3. The predicted molar refractivity (Wildman–Crippen MR) is 128 cm³/mol. The third kappa shape index (κ3) is 3.63. The normalized spacial score (nSPS) is 18.1. The van der Waals surface area contributed by atoms with E-state index in [1.54, 1.807) is 25.4 Å². The standard InChI is InChI=1S/C24H19ClFN5S/c1-15-13-17(8-9-18(15)26)31-23(22(29-24(31)32)19-5-2-3-11-27-19)20-6-4-12-30(20)21-10-7-16(25)14-28-21/h2-14,22-23H,1H3,(H,29,32)/t22-,23+/m1/s1. The van der Waals surface area contributed by atoms with E-state index in [-0.39, 0.29) is 17.9 Å². The molecule has 5 rings (SSSR count). The lowest BCUT2D eigenvalue weighted by Crippen LogP contribution is -2.30. The molecule has 160 valence electrons. The van der Waals surface area contributed by atoms with Crippen molar-refractivity contribution in [2.45, 2.75) is 19.0 Å². The van der Waals surface area contributed by atoms with Crippen molar-refractivity contribution >= 4 is 34.6 Å². The number of aryl methyl sites for hydroxylation is 1. The minimum Gasteiger partial charge on any atom is -0.351 e. The minimum atomic E-state index is -0.251. The molecule has 4 heterocycles. The molecule has 0 unspecified atom stereocenters. The van der Waals surface area contributed by atoms with Gasteiger partial charge in [0, 0.05) is 30.0 Å². The molecule has 0 saturated carbocycles. The summed E-state index contributed by atoms with van der Waals surface area (Å²) in [5, 5.41) is 4.55. The molecular weight excluding hydrogens is 445 g/mol. The molecule has 5 nitrogen and oxygen atoms in total. The molecule has 3 aromatic heterocycles. The fourth-order valence-electron chi connectivity index (χ4n) is 4.07. The van der Waals surface area contributed by atoms with E-state index < -0.39 is 0 Å². The van der Waals surface area contributed by atoms with E-state index in [1.807, 2.05) is 64.2 Å². The van der Waals surface area contributed by atoms with Crippen molar-refractivity contribution in [1.82, 2.24) is 19.9 Å². The van der Waals surface area contributed by atoms with Crippen molar-refractivity contribution in [3.63, 3.8) is 0 Å². The third-order valence-corrected chi connectivity index (χ3v) is 6.10. The Bertz CT molecular complexity index is 1280. The monoisotopic (exact) mass is 463 g/mol. The van der Waals surface area contributed by atoms with Gasteiger partial charge in [-0.05, 0) is 79.3 Å². The molecule has 0 amide bonds. The molecule has 32 heavy (non-hydrogen) atoms. The second kappa shape index (κ2) is 8.33. The average Bonchev–Trinajstić information content (AvgIpc) is 3.41. The number of thiocarbonyl (C=S) groups is 1. The Hall–Kier alpha value is -3.29. The van der Waals surface area contributed by atoms with Crippen molar-refractivity contribution in [2.24, 2.45) is 0 Å². The van der Waals surface area contributed by atoms with Gasteiger partial charge in [0.15, 0.2) is 5.11 Å². The Morgan fingerprint density at radius 1 is 1.06 bits per heavy atom. The molecule has 1 N–H and O–H groups in total. The molecule has 0 bridgehead atoms. The number of pyridine rings is 2. The molecule has 0 spiro atoms. The Kier molecular flexibility index (Phi) is 5.36. The summed E-state index contributed by atoms with van der Waals surface area (Å²) in [5.41, 5.74) is 3.18. The first-order chi connectivity index (χ1) is 15.5. The van der Waals surface area contributed by atoms with E-state index in [9.17, 15) is 4.39 Å². The fourth-order valence-corrected chi connectivity index (χ4v) is 4.52. The average molecular weight is 464 g/mol. The highest BCUT2D eigenvalue weighted by atomic mass is 35.5. The molecule has 1 aliphatic rings. The van der Waals surface area contributed by atoms with Gasteiger partial charge in [-0.15, -0.1) is 0 Å². The number of benzene rings is 1. The number of nitrogens with one attached hydrogen (secondary N) is 1. The van der Waals surface area contributed by atoms with E-state index in [2.05, 4.69) is 15.3 Å². The van der Waals surface area contributed by atoms with Crippen LogP contribution in [0.5, 0.6) is 0 Å². The first kappa shape index (κ1) is 20.6. The number of hydrogen-bond acceptors (Lipinski definition) is 3. The Morgan fingerprint density at radius 2 is 1.94 bits per heavy atom. The van der Waals surface area contributed by atoms with Crippen LogP contribution < -0.4 is 10.2 Å². The SMILES string of the molecule is Cc1cc(N2C(=S)N[C@H](c3ccccn3)[C@@H]2c2cccn2-c2ccc(Cl)cn2)ccc1F. The molecule has 1 saturated heterocycles. The third-order valence-electron chi connectivity index (χ3n) is 5.56. The second-order valence-corrected chi connectivity index (χ2v) is 8.39. The summed E-state index contributed by atoms with van der Waals surface area (Å²) in [6, 6.07) is 18.1. The maximum Gasteiger partial charge on any atom is 0.174 e. The van der Waals surface area contributed by atoms with E-state index in [0.717, 1.165) is 22.9 Å². The van der Waals surface area contributed by atoms with Gasteiger partial charge in [0.2, 0.25) is 0 Å². The van der Waals surface area contributed by atoms with E-state index in [1.165, 1.54) is 6.07 Å². The van der Waals surface area contributed by atoms with Crippen LogP contribution in [0, 0.1) is 12.7 Å². The second-order valence-electron chi connectivity index (χ2n) is 7.57. The van der Waals surface area contributed by atoms with Crippen molar-refractivity contribution in [3.05, 3.63) is 107 Å². The number of nitrogens with zero attached hydrogens (tertiary/aromatic N) is 4. The summed E-state index contributed by atoms with van der Waals surface area (Å²) in [5.74, 6) is 0.487. The van der Waals surface area contributed by atoms with Crippen LogP contribution in [0.2, 0.25) is 5.02 Å². The highest BCUT2D eigenvalue weighted by Gasteiger charge is 2.42. The van der Waals surface area contributed by atoms with Gasteiger partial charge in [0.25, 0.3) is 0 Å². The van der Waals surface area contributed by atoms with Crippen LogP contribution in [-0.4, -0.2) is 19.6 Å². The van der Waals surface area contributed by atoms with Crippen LogP contribution in [0.1, 0.15) is 29.0 Å². The molecule has 4 aromatic rings. The van der Waals surface area contributed by atoms with Crippen LogP contribution in [0.25, 0.3) is 5.82 Å². The predicted octanol–water partition coefficient (Wildman–Crippen LogP) is 5.55. The zero-order valence-corrected chi connectivity index (χ0v) is 18.7. The quantitative estimate of drug-likeness (QED) is 0.402. The number of halogens is 2. The maximum absolute atomic E-state index is 14.0. The van der Waals surface area contributed by atoms with Crippen LogP contribution in [0.3, 0.4) is 0 Å². The van der Waals surface area contributed by atoms with Gasteiger partial charge in [-0.1, -0.05) is 17.7 Å². The number of anilines is 1. The largest absolute Gasteiger partial charge is 0.351 e. The van der Waals surface area contributed by atoms with Crippen molar-refractivity contribution in [1.29, 1.82) is 0 Å². The van der Waals surface area contributed by atoms with Gasteiger partial charge < -0.3 is 14.8 Å². The molecule has 1 aliphatic heterocycles. The molecule has 0 radical (unpaired) electrons. The van der Waals surface area contributed by atoms with Crippen molar-refractivity contribution in [3.8, 4) is 5.82 Å². The first-order valence-electron chi connectivity index (χ1n) is 10.1.